The largest absolute Gasteiger partial charge is 0.480 e. The van der Waals surface area contributed by atoms with E-state index in [1.807, 2.05) is 0 Å². The maximum atomic E-state index is 12.5. The molecule has 0 spiro atoms. The molecule has 0 amide bonds. The molecule has 3 atom stereocenters. The zero-order valence-corrected chi connectivity index (χ0v) is 31.4. The van der Waals surface area contributed by atoms with Crippen LogP contribution in [0.15, 0.2) is 24.3 Å². The predicted octanol–water partition coefficient (Wildman–Crippen LogP) is 9.11. The summed E-state index contributed by atoms with van der Waals surface area (Å²) in [5.41, 5.74) is 5.30. The summed E-state index contributed by atoms with van der Waals surface area (Å²) in [5, 5.41) is 8.83. The number of nitrogens with two attached hydrogens (primary N) is 1. The third-order valence-electron chi connectivity index (χ3n) is 7.95. The lowest BCUT2D eigenvalue weighted by Crippen LogP contribution is -2.34. The molecule has 11 nitrogen and oxygen atoms in total. The molecule has 0 aliphatic carbocycles. The Morgan fingerprint density at radius 3 is 1.63 bits per heavy atom. The summed E-state index contributed by atoms with van der Waals surface area (Å²) in [5.74, 6) is -2.39. The average Bonchev–Trinajstić information content (AvgIpc) is 3.07. The van der Waals surface area contributed by atoms with Crippen molar-refractivity contribution in [3.63, 3.8) is 0 Å². The predicted molar refractivity (Wildman–Crippen MR) is 194 cm³/mol. The molecule has 0 heterocycles. The molecular formula is C37H68NO10P. The van der Waals surface area contributed by atoms with Crippen LogP contribution in [0.3, 0.4) is 0 Å². The molecule has 0 radical (unpaired) electrons. The van der Waals surface area contributed by atoms with Gasteiger partial charge in [-0.2, -0.15) is 0 Å². The summed E-state index contributed by atoms with van der Waals surface area (Å²) < 4.78 is 32.4. The lowest BCUT2D eigenvalue weighted by atomic mass is 10.1. The third-order valence-corrected chi connectivity index (χ3v) is 8.90. The average molecular weight is 718 g/mol. The zero-order chi connectivity index (χ0) is 36.4. The highest BCUT2D eigenvalue weighted by Crippen LogP contribution is 2.43. The Morgan fingerprint density at radius 2 is 1.08 bits per heavy atom. The number of phosphoric acid groups is 1. The SMILES string of the molecule is CCCCC/C=C\C/C=C\CCCCCCCCCCCC(=O)OC(COC(=O)CCCCCCCC)COP(=O)(O)OCC(N)C(=O)O. The van der Waals surface area contributed by atoms with E-state index in [1.54, 1.807) is 0 Å². The van der Waals surface area contributed by atoms with E-state index in [0.29, 0.717) is 12.8 Å². The molecule has 0 aliphatic heterocycles. The van der Waals surface area contributed by atoms with Gasteiger partial charge in [-0.05, 0) is 44.9 Å². The van der Waals surface area contributed by atoms with E-state index < -0.39 is 51.1 Å². The highest BCUT2D eigenvalue weighted by molar-refractivity contribution is 7.47. The monoisotopic (exact) mass is 717 g/mol. The van der Waals surface area contributed by atoms with Crippen LogP contribution in [-0.4, -0.2) is 59.9 Å². The fourth-order valence-electron chi connectivity index (χ4n) is 4.92. The fraction of sp³-hybridized carbons (Fsp3) is 0.811. The summed E-state index contributed by atoms with van der Waals surface area (Å²) in [6.07, 6.45) is 31.4. The molecule has 0 aromatic carbocycles. The number of aliphatic carboxylic acids is 1. The minimum Gasteiger partial charge on any atom is -0.480 e. The van der Waals surface area contributed by atoms with Crippen molar-refractivity contribution in [1.29, 1.82) is 0 Å². The molecule has 12 heteroatoms. The van der Waals surface area contributed by atoms with Crippen molar-refractivity contribution < 1.29 is 47.5 Å². The molecule has 0 aliphatic rings. The van der Waals surface area contributed by atoms with E-state index in [2.05, 4.69) is 42.7 Å². The first kappa shape index (κ1) is 47.0. The quantitative estimate of drug-likeness (QED) is 0.0247. The second-order valence-corrected chi connectivity index (χ2v) is 14.2. The van der Waals surface area contributed by atoms with Gasteiger partial charge in [-0.1, -0.05) is 128 Å². The first-order valence-corrected chi connectivity index (χ1v) is 20.4. The summed E-state index contributed by atoms with van der Waals surface area (Å²) in [6.45, 7) is 2.68. The molecule has 0 aromatic rings. The molecule has 0 fully saturated rings. The van der Waals surface area contributed by atoms with Gasteiger partial charge in [0.25, 0.3) is 0 Å². The van der Waals surface area contributed by atoms with Gasteiger partial charge in [-0.25, -0.2) is 4.57 Å². The van der Waals surface area contributed by atoms with Crippen LogP contribution in [0, 0.1) is 0 Å². The number of hydrogen-bond donors (Lipinski definition) is 3. The maximum Gasteiger partial charge on any atom is 0.472 e. The van der Waals surface area contributed by atoms with Gasteiger partial charge in [-0.15, -0.1) is 0 Å². The van der Waals surface area contributed by atoms with Gasteiger partial charge in [0.1, 0.15) is 12.6 Å². The first-order chi connectivity index (χ1) is 23.6. The molecular weight excluding hydrogens is 649 g/mol. The van der Waals surface area contributed by atoms with Crippen LogP contribution in [0.25, 0.3) is 0 Å². The number of carbonyl (C=O) groups excluding carboxylic acids is 2. The van der Waals surface area contributed by atoms with E-state index in [-0.39, 0.29) is 19.4 Å². The number of allylic oxidation sites excluding steroid dienone is 4. The van der Waals surface area contributed by atoms with Gasteiger partial charge in [0, 0.05) is 12.8 Å². The van der Waals surface area contributed by atoms with Crippen LogP contribution < -0.4 is 5.73 Å². The van der Waals surface area contributed by atoms with Crippen molar-refractivity contribution in [1.82, 2.24) is 0 Å². The molecule has 286 valence electrons. The summed E-state index contributed by atoms with van der Waals surface area (Å²) in [7, 11) is -4.70. The van der Waals surface area contributed by atoms with E-state index in [0.717, 1.165) is 64.2 Å². The number of carboxylic acids is 1. The Hall–Kier alpha value is -2.04. The van der Waals surface area contributed by atoms with Gasteiger partial charge in [0.05, 0.1) is 13.2 Å². The Kier molecular flexibility index (Phi) is 31.7. The third kappa shape index (κ3) is 32.9. The van der Waals surface area contributed by atoms with Crippen molar-refractivity contribution in [3.8, 4) is 0 Å². The van der Waals surface area contributed by atoms with E-state index in [4.69, 9.17) is 24.8 Å². The second kappa shape index (κ2) is 33.1. The Morgan fingerprint density at radius 1 is 0.633 bits per heavy atom. The van der Waals surface area contributed by atoms with Crippen molar-refractivity contribution in [3.05, 3.63) is 24.3 Å². The Balaban J connectivity index is 4.29. The van der Waals surface area contributed by atoms with Gasteiger partial charge in [-0.3, -0.25) is 23.4 Å². The molecule has 0 bridgehead atoms. The molecule has 0 saturated heterocycles. The van der Waals surface area contributed by atoms with E-state index in [9.17, 15) is 23.8 Å². The van der Waals surface area contributed by atoms with Crippen LogP contribution in [0.5, 0.6) is 0 Å². The topological polar surface area (TPSA) is 172 Å². The van der Waals surface area contributed by atoms with Crippen molar-refractivity contribution in [2.24, 2.45) is 5.73 Å². The van der Waals surface area contributed by atoms with Crippen LogP contribution in [-0.2, 0) is 37.5 Å². The van der Waals surface area contributed by atoms with Crippen LogP contribution in [0.2, 0.25) is 0 Å². The number of carbonyl (C=O) groups is 3. The zero-order valence-electron chi connectivity index (χ0n) is 30.5. The highest BCUT2D eigenvalue weighted by atomic mass is 31.2. The fourth-order valence-corrected chi connectivity index (χ4v) is 5.70. The van der Waals surface area contributed by atoms with Crippen LogP contribution in [0.4, 0.5) is 0 Å². The molecule has 49 heavy (non-hydrogen) atoms. The Labute approximate surface area is 296 Å². The maximum absolute atomic E-state index is 12.5. The summed E-state index contributed by atoms with van der Waals surface area (Å²) in [6, 6.07) is -1.52. The van der Waals surface area contributed by atoms with E-state index >= 15 is 0 Å². The van der Waals surface area contributed by atoms with E-state index in [1.165, 1.54) is 57.8 Å². The van der Waals surface area contributed by atoms with Crippen molar-refractivity contribution >= 4 is 25.7 Å². The number of carboxylic acid groups (broad SMARTS) is 1. The second-order valence-electron chi connectivity index (χ2n) is 12.7. The molecule has 0 rings (SSSR count). The van der Waals surface area contributed by atoms with Crippen molar-refractivity contribution in [2.75, 3.05) is 19.8 Å². The van der Waals surface area contributed by atoms with Gasteiger partial charge < -0.3 is 25.2 Å². The van der Waals surface area contributed by atoms with Crippen molar-refractivity contribution in [2.45, 2.75) is 174 Å². The number of hydrogen-bond acceptors (Lipinski definition) is 9. The number of unbranched alkanes of at least 4 members (excludes halogenated alkanes) is 17. The van der Waals surface area contributed by atoms with Gasteiger partial charge in [0.15, 0.2) is 6.10 Å². The molecule has 4 N–H and O–H groups in total. The molecule has 0 saturated carbocycles. The summed E-state index contributed by atoms with van der Waals surface area (Å²) in [4.78, 5) is 45.5. The standard InChI is InChI=1S/C37H68NO10P/c1-3-5-7-9-11-12-13-14-15-16-17-18-19-20-21-22-23-25-27-29-36(40)48-33(30-45-35(39)28-26-24-10-8-6-4-2)31-46-49(43,44)47-32-34(38)37(41)42/h11-12,14-15,33-34H,3-10,13,16-32,38H2,1-2H3,(H,41,42)(H,43,44)/b12-11-,15-14-. The minimum absolute atomic E-state index is 0.158. The van der Waals surface area contributed by atoms with Crippen LogP contribution >= 0.6 is 7.82 Å². The Bertz CT molecular complexity index is 942. The van der Waals surface area contributed by atoms with Gasteiger partial charge in [0.2, 0.25) is 0 Å². The minimum atomic E-state index is -4.70. The molecule has 0 aromatic heterocycles. The molecule has 3 unspecified atom stereocenters. The summed E-state index contributed by atoms with van der Waals surface area (Å²) >= 11 is 0. The number of esters is 2. The number of ether oxygens (including phenoxy) is 2. The normalized spacial score (nSPS) is 14.2. The number of rotatable bonds is 35. The highest BCUT2D eigenvalue weighted by Gasteiger charge is 2.28. The lowest BCUT2D eigenvalue weighted by Gasteiger charge is -2.20. The van der Waals surface area contributed by atoms with Gasteiger partial charge >= 0.3 is 25.7 Å². The number of phosphoric ester groups is 1. The lowest BCUT2D eigenvalue weighted by molar-refractivity contribution is -0.161. The smallest absolute Gasteiger partial charge is 0.472 e. The van der Waals surface area contributed by atoms with Crippen LogP contribution in [0.1, 0.15) is 162 Å². The first-order valence-electron chi connectivity index (χ1n) is 18.9.